The molecule has 4 N–H and O–H groups in total. The molecule has 99 heavy (non-hydrogen) atoms. The van der Waals surface area contributed by atoms with E-state index in [1.165, 1.54) is 64.7 Å². The zero-order valence-electron chi connectivity index (χ0n) is 56.0. The molecule has 0 unspecified atom stereocenters. The van der Waals surface area contributed by atoms with Gasteiger partial charge in [0.2, 0.25) is 33.5 Å². The third kappa shape index (κ3) is 13.8. The second-order valence-corrected chi connectivity index (χ2v) is 27.5. The maximum Gasteiger partial charge on any atom is 0.373 e. The van der Waals surface area contributed by atoms with Crippen molar-refractivity contribution in [2.45, 2.75) is 87.0 Å². The highest BCUT2D eigenvalue weighted by atomic mass is 32.2. The number of fused-ring (bicyclic) bond motifs is 8. The normalized spacial score (nSPS) is 15.5. The first-order chi connectivity index (χ1) is 45.8. The first-order valence-electron chi connectivity index (χ1n) is 31.9. The minimum absolute atomic E-state index is 0. The van der Waals surface area contributed by atoms with Gasteiger partial charge in [0, 0.05) is 108 Å². The molecular formula is C85H96N10O2S2+4. The molecule has 7 heterocycles. The molecule has 14 heteroatoms. The van der Waals surface area contributed by atoms with Crippen LogP contribution in [0.25, 0.3) is 61.2 Å². The molecule has 0 bridgehead atoms. The van der Waals surface area contributed by atoms with Gasteiger partial charge in [-0.15, -0.1) is 4.57 Å². The van der Waals surface area contributed by atoms with E-state index in [0.717, 1.165) is 84.6 Å². The van der Waals surface area contributed by atoms with Crippen molar-refractivity contribution in [3.63, 3.8) is 0 Å². The molecule has 0 fully saturated rings. The maximum absolute atomic E-state index is 6.17. The van der Waals surface area contributed by atoms with Gasteiger partial charge in [0.25, 0.3) is 10.5 Å². The molecule has 3 aromatic heterocycles. The lowest BCUT2D eigenvalue weighted by Gasteiger charge is -2.23. The summed E-state index contributed by atoms with van der Waals surface area (Å²) in [6.07, 6.45) is 14.9. The Bertz CT molecular complexity index is 5120. The van der Waals surface area contributed by atoms with E-state index in [4.69, 9.17) is 25.6 Å². The van der Waals surface area contributed by atoms with E-state index in [-0.39, 0.29) is 40.5 Å². The molecule has 4 aliphatic rings. The number of anilines is 5. The number of aryl methyl sites for hydroxylation is 4. The molecule has 0 spiro atoms. The van der Waals surface area contributed by atoms with Gasteiger partial charge < -0.3 is 35.3 Å². The average Bonchev–Trinajstić information content (AvgIpc) is 1.64. The molecule has 0 radical (unpaired) electrons. The average molecular weight is 1350 g/mol. The number of hydrogen-bond donors (Lipinski definition) is 2. The summed E-state index contributed by atoms with van der Waals surface area (Å²) in [6, 6.07) is 68.7. The fourth-order valence-corrected chi connectivity index (χ4v) is 15.5. The molecule has 0 atom stereocenters. The molecule has 0 saturated heterocycles. The van der Waals surface area contributed by atoms with Crippen LogP contribution in [0.2, 0.25) is 0 Å². The van der Waals surface area contributed by atoms with Crippen LogP contribution in [0.15, 0.2) is 256 Å². The Hall–Kier alpha value is -10.5. The monoisotopic (exact) mass is 1350 g/mol. The zero-order chi connectivity index (χ0) is 66.4. The van der Waals surface area contributed by atoms with E-state index in [1.807, 2.05) is 170 Å². The number of nitrogen functional groups attached to an aromatic ring is 2. The molecule has 9 aromatic carbocycles. The summed E-state index contributed by atoms with van der Waals surface area (Å²) in [4.78, 5) is 12.8. The molecular weight excluding hydrogens is 1260 g/mol. The number of ether oxygens (including phenoxy) is 1. The van der Waals surface area contributed by atoms with Gasteiger partial charge in [0.15, 0.2) is 17.3 Å². The quantitative estimate of drug-likeness (QED) is 0.0955. The van der Waals surface area contributed by atoms with Crippen molar-refractivity contribution in [3.05, 3.63) is 280 Å². The van der Waals surface area contributed by atoms with Crippen LogP contribution in [0.4, 0.5) is 34.1 Å². The number of nitrogens with two attached hydrogens (primary N) is 2. The van der Waals surface area contributed by atoms with E-state index >= 15 is 0 Å². The number of thioether (sulfide) groups is 1. The summed E-state index contributed by atoms with van der Waals surface area (Å²) in [7, 11) is 12.6. The number of aromatic nitrogens is 4. The van der Waals surface area contributed by atoms with Crippen molar-refractivity contribution in [1.29, 1.82) is 0 Å². The lowest BCUT2D eigenvalue weighted by atomic mass is 9.81. The smallest absolute Gasteiger partial charge is 0.373 e. The van der Waals surface area contributed by atoms with Crippen molar-refractivity contribution in [1.82, 2.24) is 4.98 Å². The van der Waals surface area contributed by atoms with Crippen molar-refractivity contribution in [2.75, 3.05) is 54.4 Å². The predicted octanol–water partition coefficient (Wildman–Crippen LogP) is 19.5. The number of likely N-dealkylation sites (N-methyl/N-ethyl adjacent to an activating group) is 1. The summed E-state index contributed by atoms with van der Waals surface area (Å²) >= 11 is 3.68. The van der Waals surface area contributed by atoms with Crippen LogP contribution in [0.3, 0.4) is 0 Å². The molecule has 0 aliphatic carbocycles. The molecule has 0 saturated carbocycles. The zero-order valence-corrected chi connectivity index (χ0v) is 57.6. The van der Waals surface area contributed by atoms with Crippen LogP contribution in [0, 0.1) is 13.8 Å². The Kier molecular flexibility index (Phi) is 21.8. The summed E-state index contributed by atoms with van der Waals surface area (Å²) < 4.78 is 21.8. The maximum atomic E-state index is 6.17. The summed E-state index contributed by atoms with van der Waals surface area (Å²) in [5, 5.41) is 2.55. The largest absolute Gasteiger partial charge is 0.439 e. The number of nitrogens with zero attached hydrogens (tertiary/aromatic N) is 8. The Labute approximate surface area is 594 Å². The number of hydrogen-bond acceptors (Lipinski definition) is 10. The minimum Gasteiger partial charge on any atom is -0.439 e. The van der Waals surface area contributed by atoms with Crippen molar-refractivity contribution < 1.29 is 27.4 Å². The Morgan fingerprint density at radius 1 is 0.525 bits per heavy atom. The molecule has 12 aromatic rings. The van der Waals surface area contributed by atoms with Gasteiger partial charge in [-0.2, -0.15) is 13.7 Å². The lowest BCUT2D eigenvalue weighted by molar-refractivity contribution is -0.652. The minimum atomic E-state index is 0. The van der Waals surface area contributed by atoms with Gasteiger partial charge in [-0.05, 0) is 117 Å². The van der Waals surface area contributed by atoms with E-state index in [0.29, 0.717) is 0 Å². The molecule has 506 valence electrons. The fraction of sp³-hybridized carbons (Fsp3) is 0.212. The van der Waals surface area contributed by atoms with Crippen molar-refractivity contribution in [3.8, 4) is 11.4 Å². The summed E-state index contributed by atoms with van der Waals surface area (Å²) in [5.74, 6) is 2.46. The first-order valence-corrected chi connectivity index (χ1v) is 33.6. The lowest BCUT2D eigenvalue weighted by Crippen LogP contribution is -2.33. The highest BCUT2D eigenvalue weighted by molar-refractivity contribution is 8.03. The number of benzene rings is 9. The second-order valence-electron chi connectivity index (χ2n) is 25.4. The number of allylic oxidation sites excluding steroid dienone is 6. The number of para-hydroxylation sites is 9. The van der Waals surface area contributed by atoms with Crippen LogP contribution in [-0.2, 0) is 24.9 Å². The third-order valence-corrected chi connectivity index (χ3v) is 21.0. The van der Waals surface area contributed by atoms with Gasteiger partial charge in [0.05, 0.1) is 34.0 Å². The topological polar surface area (TPSA) is 112 Å². The molecule has 0 amide bonds. The van der Waals surface area contributed by atoms with E-state index in [9.17, 15) is 0 Å². The van der Waals surface area contributed by atoms with Crippen LogP contribution in [0.5, 0.6) is 5.75 Å². The predicted molar refractivity (Wildman–Crippen MR) is 423 cm³/mol. The third-order valence-electron chi connectivity index (χ3n) is 18.7. The first kappa shape index (κ1) is 72.7. The Morgan fingerprint density at radius 3 is 1.73 bits per heavy atom. The Morgan fingerprint density at radius 2 is 1.09 bits per heavy atom. The Balaban J connectivity index is 0.000000153. The van der Waals surface area contributed by atoms with E-state index < -0.39 is 0 Å². The van der Waals surface area contributed by atoms with Gasteiger partial charge in [0.1, 0.15) is 36.9 Å². The van der Waals surface area contributed by atoms with Gasteiger partial charge in [-0.1, -0.05) is 176 Å². The molecule has 16 rings (SSSR count). The van der Waals surface area contributed by atoms with Gasteiger partial charge in [-0.3, -0.25) is 0 Å². The standard InChI is InChI=1S/C25H29N2.C20H18N4.C19H17N2O2.C17H15N2S2.4CH4/c1-24(2)18-12-7-9-14-20(18)26(5)22(24)16-11-17-23-25(3,4)19-13-8-10-15-21(19)27(23)6;1-12-8-17-19(10-15(12)21)24(14-6-4-3-5-7-14)20-11-16(22)13(2)9-18(20)23-17;1-20-14-8-3-5-10-16(14)22-18(20)12-7-13-19-21(2)15-9-4-6-11-17(15)23-19;1-18-12-7-3-5-9-14(12)20-16(18)11-17-19(2)13-8-4-6-10-15(13)21-17;;;;/h7-17H,1-6H3;3-11H,1-2H3,(H3,21,22);3-13H,1-2H3;3-11H,1-2H3;4*1H4/q+1;;2*+1;;;;/p+1. The SMILES string of the molecule is C.C.C.C.CN1/C(=C/C=C/C2=[N+](C)c3ccccc3C2(C)C)C(C)(C)c2ccccc21.CN1/C(=C/C=C/c2oc3ccccc3[n+]2C)Oc2ccccc21.CN1C(=Cc2sc3ccccc3[n+]2C)Sc2ccccc21.Cc1cc2nc3cc(C)c(N)cc3[n+](-c3ccccc3)c2cc1N. The number of oxazole rings is 1. The van der Waals surface area contributed by atoms with Gasteiger partial charge >= 0.3 is 5.89 Å². The van der Waals surface area contributed by atoms with Gasteiger partial charge in [-0.25, -0.2) is 4.98 Å². The summed E-state index contributed by atoms with van der Waals surface area (Å²) in [6.45, 7) is 13.2. The number of rotatable bonds is 6. The molecule has 4 aliphatic heterocycles. The molecule has 12 nitrogen and oxygen atoms in total. The van der Waals surface area contributed by atoms with Crippen LogP contribution >= 0.6 is 23.1 Å². The van der Waals surface area contributed by atoms with Crippen LogP contribution < -0.4 is 44.6 Å². The number of thiazole rings is 1. The summed E-state index contributed by atoms with van der Waals surface area (Å²) in [5.41, 5.74) is 34.4. The van der Waals surface area contributed by atoms with E-state index in [1.54, 1.807) is 0 Å². The second kappa shape index (κ2) is 29.7. The highest BCUT2D eigenvalue weighted by Crippen LogP contribution is 2.48. The van der Waals surface area contributed by atoms with Crippen molar-refractivity contribution >= 4 is 118 Å². The fourth-order valence-electron chi connectivity index (χ4n) is 13.2. The highest BCUT2D eigenvalue weighted by Gasteiger charge is 2.43. The van der Waals surface area contributed by atoms with E-state index in [2.05, 4.69) is 213 Å². The van der Waals surface area contributed by atoms with Crippen LogP contribution in [-0.4, -0.2) is 43.5 Å². The van der Waals surface area contributed by atoms with Crippen LogP contribution in [0.1, 0.15) is 90.6 Å². The van der Waals surface area contributed by atoms with Crippen molar-refractivity contribution in [2.24, 2.45) is 14.1 Å².